The Hall–Kier alpha value is -2.77. The van der Waals surface area contributed by atoms with E-state index in [2.05, 4.69) is 5.32 Å². The maximum absolute atomic E-state index is 12.1. The zero-order valence-electron chi connectivity index (χ0n) is 13.9. The average molecular weight is 350 g/mol. The lowest BCUT2D eigenvalue weighted by Gasteiger charge is -2.18. The summed E-state index contributed by atoms with van der Waals surface area (Å²) in [6, 6.07) is 4.33. The molecule has 2 rings (SSSR count). The van der Waals surface area contributed by atoms with Crippen LogP contribution >= 0.6 is 0 Å². The van der Waals surface area contributed by atoms with E-state index in [1.54, 1.807) is 18.2 Å². The molecule has 0 aromatic heterocycles. The Morgan fingerprint density at radius 2 is 1.84 bits per heavy atom. The number of nitrogens with one attached hydrogen (secondary N) is 1. The van der Waals surface area contributed by atoms with Crippen molar-refractivity contribution in [1.82, 2.24) is 5.32 Å². The van der Waals surface area contributed by atoms with E-state index < -0.39 is 12.0 Å². The second-order valence-corrected chi connectivity index (χ2v) is 5.54. The number of unbranched alkanes of at least 4 members (excludes halogenated alkanes) is 2. The van der Waals surface area contributed by atoms with E-state index in [-0.39, 0.29) is 18.8 Å². The van der Waals surface area contributed by atoms with Gasteiger partial charge in [0.15, 0.2) is 23.9 Å². The number of fused-ring (bicyclic) bond motifs is 1. The Morgan fingerprint density at radius 1 is 1.08 bits per heavy atom. The summed E-state index contributed by atoms with van der Waals surface area (Å²) in [6.45, 7) is 1.10. The SMILES string of the molecule is NC(=O)NCCCCCC(=O)OCC(=O)c1ccc2c(c1)OCCO2. The molecule has 1 aromatic rings. The van der Waals surface area contributed by atoms with Crippen LogP contribution in [0.25, 0.3) is 0 Å². The lowest BCUT2D eigenvalue weighted by Crippen LogP contribution is -2.29. The monoisotopic (exact) mass is 350 g/mol. The van der Waals surface area contributed by atoms with Gasteiger partial charge in [0.25, 0.3) is 0 Å². The molecule has 8 heteroatoms. The minimum absolute atomic E-state index is 0.227. The van der Waals surface area contributed by atoms with Gasteiger partial charge < -0.3 is 25.3 Å². The second-order valence-electron chi connectivity index (χ2n) is 5.54. The van der Waals surface area contributed by atoms with Gasteiger partial charge in [-0.05, 0) is 31.0 Å². The van der Waals surface area contributed by atoms with Crippen LogP contribution in [0.5, 0.6) is 11.5 Å². The van der Waals surface area contributed by atoms with Gasteiger partial charge in [-0.2, -0.15) is 0 Å². The summed E-state index contributed by atoms with van der Waals surface area (Å²) in [5.74, 6) is 0.406. The number of hydrogen-bond donors (Lipinski definition) is 2. The van der Waals surface area contributed by atoms with Crippen molar-refractivity contribution in [2.75, 3.05) is 26.4 Å². The molecule has 136 valence electrons. The number of hydrogen-bond acceptors (Lipinski definition) is 6. The first kappa shape index (κ1) is 18.6. The van der Waals surface area contributed by atoms with Crippen molar-refractivity contribution >= 4 is 17.8 Å². The average Bonchev–Trinajstić information content (AvgIpc) is 2.61. The van der Waals surface area contributed by atoms with Gasteiger partial charge in [-0.1, -0.05) is 6.42 Å². The number of carbonyl (C=O) groups is 3. The first-order valence-electron chi connectivity index (χ1n) is 8.18. The number of Topliss-reactive ketones (excluding diaryl/α,β-unsaturated/α-hetero) is 1. The van der Waals surface area contributed by atoms with Crippen molar-refractivity contribution in [3.05, 3.63) is 23.8 Å². The Morgan fingerprint density at radius 3 is 2.60 bits per heavy atom. The number of benzene rings is 1. The molecule has 25 heavy (non-hydrogen) atoms. The van der Waals surface area contributed by atoms with Gasteiger partial charge in [-0.25, -0.2) is 4.79 Å². The summed E-state index contributed by atoms with van der Waals surface area (Å²) in [6.07, 6.45) is 2.33. The molecule has 1 heterocycles. The fourth-order valence-corrected chi connectivity index (χ4v) is 2.30. The highest BCUT2D eigenvalue weighted by Crippen LogP contribution is 2.30. The molecule has 0 atom stereocenters. The third kappa shape index (κ3) is 6.33. The molecule has 1 aromatic carbocycles. The molecule has 0 radical (unpaired) electrons. The molecule has 1 aliphatic rings. The Balaban J connectivity index is 1.66. The van der Waals surface area contributed by atoms with Crippen LogP contribution in [-0.2, 0) is 9.53 Å². The fraction of sp³-hybridized carbons (Fsp3) is 0.471. The Labute approximate surface area is 145 Å². The number of esters is 1. The van der Waals surface area contributed by atoms with E-state index in [4.69, 9.17) is 19.9 Å². The van der Waals surface area contributed by atoms with Crippen LogP contribution in [0.15, 0.2) is 18.2 Å². The van der Waals surface area contributed by atoms with Gasteiger partial charge in [0, 0.05) is 18.5 Å². The number of ketones is 1. The van der Waals surface area contributed by atoms with Crippen molar-refractivity contribution in [3.8, 4) is 11.5 Å². The highest BCUT2D eigenvalue weighted by molar-refractivity contribution is 5.98. The first-order valence-corrected chi connectivity index (χ1v) is 8.18. The van der Waals surface area contributed by atoms with E-state index in [0.29, 0.717) is 43.2 Å². The first-order chi connectivity index (χ1) is 12.1. The molecule has 2 amide bonds. The number of carbonyl (C=O) groups excluding carboxylic acids is 3. The maximum Gasteiger partial charge on any atom is 0.312 e. The number of rotatable bonds is 9. The van der Waals surface area contributed by atoms with Crippen LogP contribution in [0.3, 0.4) is 0 Å². The fourth-order valence-electron chi connectivity index (χ4n) is 2.30. The number of ether oxygens (including phenoxy) is 3. The number of nitrogens with two attached hydrogens (primary N) is 1. The third-order valence-corrected chi connectivity index (χ3v) is 3.59. The summed E-state index contributed by atoms with van der Waals surface area (Å²) < 4.78 is 15.8. The number of primary amides is 1. The summed E-state index contributed by atoms with van der Waals surface area (Å²) in [4.78, 5) is 34.2. The Bertz CT molecular complexity index is 632. The molecule has 0 fully saturated rings. The van der Waals surface area contributed by atoms with Crippen LogP contribution in [-0.4, -0.2) is 44.1 Å². The number of amides is 2. The summed E-state index contributed by atoms with van der Waals surface area (Å²) in [5, 5.41) is 2.47. The van der Waals surface area contributed by atoms with Crippen molar-refractivity contribution in [2.24, 2.45) is 5.73 Å². The third-order valence-electron chi connectivity index (χ3n) is 3.59. The summed E-state index contributed by atoms with van der Waals surface area (Å²) in [7, 11) is 0. The highest BCUT2D eigenvalue weighted by Gasteiger charge is 2.16. The van der Waals surface area contributed by atoms with Crippen LogP contribution in [0, 0.1) is 0 Å². The standard InChI is InChI=1S/C17H22N2O6/c18-17(22)19-7-3-1-2-4-16(21)25-11-13(20)12-5-6-14-15(10-12)24-9-8-23-14/h5-6,10H,1-4,7-9,11H2,(H3,18,19,22). The molecule has 0 aliphatic carbocycles. The zero-order valence-corrected chi connectivity index (χ0v) is 13.9. The van der Waals surface area contributed by atoms with Gasteiger partial charge in [0.1, 0.15) is 13.2 Å². The van der Waals surface area contributed by atoms with E-state index >= 15 is 0 Å². The predicted octanol–water partition coefficient (Wildman–Crippen LogP) is 1.41. The lowest BCUT2D eigenvalue weighted by atomic mass is 10.1. The molecular formula is C17H22N2O6. The van der Waals surface area contributed by atoms with Crippen LogP contribution in [0.2, 0.25) is 0 Å². The minimum atomic E-state index is -0.558. The second kappa shape index (κ2) is 9.51. The quantitative estimate of drug-likeness (QED) is 0.395. The van der Waals surface area contributed by atoms with Gasteiger partial charge in [-0.15, -0.1) is 0 Å². The normalized spacial score (nSPS) is 12.3. The van der Waals surface area contributed by atoms with Gasteiger partial charge in [0.2, 0.25) is 0 Å². The minimum Gasteiger partial charge on any atom is -0.486 e. The molecule has 0 spiro atoms. The predicted molar refractivity (Wildman–Crippen MR) is 88.8 cm³/mol. The van der Waals surface area contributed by atoms with Crippen LogP contribution < -0.4 is 20.5 Å². The van der Waals surface area contributed by atoms with E-state index in [9.17, 15) is 14.4 Å². The number of urea groups is 1. The highest BCUT2D eigenvalue weighted by atomic mass is 16.6. The van der Waals surface area contributed by atoms with Gasteiger partial charge in [0.05, 0.1) is 0 Å². The van der Waals surface area contributed by atoms with Crippen LogP contribution in [0.4, 0.5) is 4.79 Å². The molecule has 8 nitrogen and oxygen atoms in total. The molecule has 3 N–H and O–H groups in total. The lowest BCUT2D eigenvalue weighted by molar-refractivity contribution is -0.142. The molecular weight excluding hydrogens is 328 g/mol. The van der Waals surface area contributed by atoms with Crippen molar-refractivity contribution in [3.63, 3.8) is 0 Å². The van der Waals surface area contributed by atoms with E-state index in [1.807, 2.05) is 0 Å². The molecule has 1 aliphatic heterocycles. The smallest absolute Gasteiger partial charge is 0.312 e. The van der Waals surface area contributed by atoms with Crippen molar-refractivity contribution in [2.45, 2.75) is 25.7 Å². The topological polar surface area (TPSA) is 117 Å². The zero-order chi connectivity index (χ0) is 18.1. The van der Waals surface area contributed by atoms with Gasteiger partial charge >= 0.3 is 12.0 Å². The largest absolute Gasteiger partial charge is 0.486 e. The molecule has 0 bridgehead atoms. The molecule has 0 saturated carbocycles. The van der Waals surface area contributed by atoms with E-state index in [1.165, 1.54) is 0 Å². The van der Waals surface area contributed by atoms with Gasteiger partial charge in [-0.3, -0.25) is 9.59 Å². The van der Waals surface area contributed by atoms with Crippen molar-refractivity contribution in [1.29, 1.82) is 0 Å². The summed E-state index contributed by atoms with van der Waals surface area (Å²) in [5.41, 5.74) is 5.35. The summed E-state index contributed by atoms with van der Waals surface area (Å²) >= 11 is 0. The molecule has 0 unspecified atom stereocenters. The maximum atomic E-state index is 12.1. The van der Waals surface area contributed by atoms with Crippen LogP contribution in [0.1, 0.15) is 36.0 Å². The molecule has 0 saturated heterocycles. The van der Waals surface area contributed by atoms with Crippen molar-refractivity contribution < 1.29 is 28.6 Å². The Kier molecular flexibility index (Phi) is 7.06. The van der Waals surface area contributed by atoms with E-state index in [0.717, 1.165) is 12.8 Å².